The molecule has 0 bridgehead atoms. The predicted molar refractivity (Wildman–Crippen MR) is 145 cm³/mol. The van der Waals surface area contributed by atoms with Gasteiger partial charge in [0.15, 0.2) is 27.0 Å². The first kappa shape index (κ1) is 28.7. The molecule has 0 aliphatic heterocycles. The fourth-order valence-electron chi connectivity index (χ4n) is 3.99. The highest BCUT2D eigenvalue weighted by atomic mass is 35.5. The minimum atomic E-state index is -3.78. The standard InChI is InChI=1S/C26H20Cl2F2N4O6S/c27-17-9-15(34-26(36)32-25(35)22(33-34)24(29)30)10-18(28)23(17)40-21-11-20(41(37,38)16-7-4-8-16)19(12-31-21)39-13-14-5-2-1-3-6-14/h1-3,5-6,9-12,16,24H,4,7-8,13H2,(H,32,35,36). The third-order valence-corrected chi connectivity index (χ3v) is 9.18. The molecule has 1 N–H and O–H groups in total. The molecule has 1 aliphatic carbocycles. The van der Waals surface area contributed by atoms with Crippen molar-refractivity contribution in [3.05, 3.63) is 96.9 Å². The summed E-state index contributed by atoms with van der Waals surface area (Å²) in [7, 11) is -3.78. The second kappa shape index (κ2) is 11.6. The summed E-state index contributed by atoms with van der Waals surface area (Å²) < 4.78 is 65.1. The van der Waals surface area contributed by atoms with Crippen molar-refractivity contribution >= 4 is 33.0 Å². The summed E-state index contributed by atoms with van der Waals surface area (Å²) in [5.74, 6) is -0.258. The number of hydrogen-bond acceptors (Lipinski definition) is 8. The Morgan fingerprint density at radius 3 is 2.37 bits per heavy atom. The maximum absolute atomic E-state index is 13.4. The van der Waals surface area contributed by atoms with Crippen LogP contribution < -0.4 is 20.7 Å². The van der Waals surface area contributed by atoms with Crippen LogP contribution in [-0.4, -0.2) is 33.4 Å². The number of halogens is 4. The molecule has 214 valence electrons. The van der Waals surface area contributed by atoms with E-state index in [0.717, 1.165) is 24.1 Å². The number of nitrogens with zero attached hydrogens (tertiary/aromatic N) is 3. The first-order valence-corrected chi connectivity index (χ1v) is 14.4. The van der Waals surface area contributed by atoms with Crippen LogP contribution in [0.5, 0.6) is 17.4 Å². The van der Waals surface area contributed by atoms with Gasteiger partial charge in [-0.05, 0) is 30.5 Å². The summed E-state index contributed by atoms with van der Waals surface area (Å²) in [6, 6.07) is 12.7. The molecule has 4 aromatic rings. The van der Waals surface area contributed by atoms with Crippen LogP contribution in [0.3, 0.4) is 0 Å². The number of rotatable bonds is 9. The normalized spacial score (nSPS) is 13.7. The molecular weight excluding hydrogens is 605 g/mol. The molecule has 1 saturated carbocycles. The van der Waals surface area contributed by atoms with Gasteiger partial charge in [0, 0.05) is 6.07 Å². The summed E-state index contributed by atoms with van der Waals surface area (Å²) in [5, 5.41) is 2.49. The van der Waals surface area contributed by atoms with Crippen LogP contribution >= 0.6 is 23.2 Å². The van der Waals surface area contributed by atoms with Crippen molar-refractivity contribution in [3.63, 3.8) is 0 Å². The first-order valence-electron chi connectivity index (χ1n) is 12.1. The molecule has 2 heterocycles. The number of nitrogens with one attached hydrogen (secondary N) is 1. The quantitative estimate of drug-likeness (QED) is 0.267. The third kappa shape index (κ3) is 5.97. The molecule has 10 nitrogen and oxygen atoms in total. The van der Waals surface area contributed by atoms with Gasteiger partial charge in [-0.25, -0.2) is 27.0 Å². The Morgan fingerprint density at radius 1 is 1.07 bits per heavy atom. The van der Waals surface area contributed by atoms with Crippen LogP contribution in [-0.2, 0) is 16.4 Å². The minimum absolute atomic E-state index is 0.0546. The average Bonchev–Trinajstić information content (AvgIpc) is 2.89. The molecule has 2 aromatic carbocycles. The highest BCUT2D eigenvalue weighted by Gasteiger charge is 2.35. The number of alkyl halides is 2. The van der Waals surface area contributed by atoms with Crippen molar-refractivity contribution in [1.29, 1.82) is 0 Å². The van der Waals surface area contributed by atoms with Gasteiger partial charge in [-0.15, -0.1) is 0 Å². The molecule has 1 aliphatic rings. The van der Waals surface area contributed by atoms with Crippen LogP contribution in [0.1, 0.15) is 36.9 Å². The summed E-state index contributed by atoms with van der Waals surface area (Å²) >= 11 is 12.7. The number of pyridine rings is 1. The van der Waals surface area contributed by atoms with Gasteiger partial charge in [-0.2, -0.15) is 9.78 Å². The van der Waals surface area contributed by atoms with E-state index in [0.29, 0.717) is 17.5 Å². The summed E-state index contributed by atoms with van der Waals surface area (Å²) in [4.78, 5) is 29.6. The molecular formula is C26H20Cl2F2N4O6S. The Labute approximate surface area is 241 Å². The molecule has 0 spiro atoms. The zero-order chi connectivity index (χ0) is 29.3. The third-order valence-electron chi connectivity index (χ3n) is 6.34. The van der Waals surface area contributed by atoms with Crippen molar-refractivity contribution < 1.29 is 26.7 Å². The van der Waals surface area contributed by atoms with Crippen molar-refractivity contribution in [1.82, 2.24) is 19.7 Å². The van der Waals surface area contributed by atoms with Crippen molar-refractivity contribution in [2.45, 2.75) is 42.4 Å². The molecule has 0 amide bonds. The van der Waals surface area contributed by atoms with Crippen molar-refractivity contribution in [3.8, 4) is 23.1 Å². The lowest BCUT2D eigenvalue weighted by atomic mass is 10.00. The number of aromatic amines is 1. The lowest BCUT2D eigenvalue weighted by molar-refractivity contribution is 0.141. The largest absolute Gasteiger partial charge is 0.486 e. The second-order valence-corrected chi connectivity index (χ2v) is 12.1. The van der Waals surface area contributed by atoms with E-state index in [1.165, 1.54) is 12.3 Å². The van der Waals surface area contributed by atoms with Crippen LogP contribution in [0.4, 0.5) is 8.78 Å². The Hall–Kier alpha value is -3.81. The van der Waals surface area contributed by atoms with Crippen LogP contribution in [0, 0.1) is 0 Å². The summed E-state index contributed by atoms with van der Waals surface area (Å²) in [5.41, 5.74) is -2.90. The van der Waals surface area contributed by atoms with Crippen LogP contribution in [0.15, 0.2) is 69.2 Å². The summed E-state index contributed by atoms with van der Waals surface area (Å²) in [6.45, 7) is 0.112. The number of aromatic nitrogens is 4. The maximum Gasteiger partial charge on any atom is 0.349 e. The van der Waals surface area contributed by atoms with Gasteiger partial charge in [0.05, 0.1) is 27.2 Å². The first-order chi connectivity index (χ1) is 19.5. The van der Waals surface area contributed by atoms with Gasteiger partial charge < -0.3 is 9.47 Å². The minimum Gasteiger partial charge on any atom is -0.486 e. The predicted octanol–water partition coefficient (Wildman–Crippen LogP) is 5.26. The molecule has 15 heteroatoms. The molecule has 41 heavy (non-hydrogen) atoms. The maximum atomic E-state index is 13.4. The van der Waals surface area contributed by atoms with Crippen molar-refractivity contribution in [2.75, 3.05) is 0 Å². The molecule has 0 radical (unpaired) electrons. The van der Waals surface area contributed by atoms with Gasteiger partial charge in [-0.3, -0.25) is 9.78 Å². The van der Waals surface area contributed by atoms with Gasteiger partial charge >= 0.3 is 5.69 Å². The number of benzene rings is 2. The SMILES string of the molecule is O=c1[nH]c(=O)n(-c2cc(Cl)c(Oc3cc(S(=O)(=O)C4CCC4)c(OCc4ccccc4)cn3)c(Cl)c2)nc1C(F)F. The Bertz CT molecular complexity index is 1810. The topological polar surface area (TPSA) is 133 Å². The Balaban J connectivity index is 1.48. The number of hydrogen-bond donors (Lipinski definition) is 1. The van der Waals surface area contributed by atoms with E-state index in [1.54, 1.807) is 4.98 Å². The second-order valence-electron chi connectivity index (χ2n) is 9.04. The monoisotopic (exact) mass is 624 g/mol. The molecule has 0 atom stereocenters. The molecule has 5 rings (SSSR count). The molecule has 1 fully saturated rings. The smallest absolute Gasteiger partial charge is 0.349 e. The number of ether oxygens (including phenoxy) is 2. The van der Waals surface area contributed by atoms with Crippen molar-refractivity contribution in [2.24, 2.45) is 0 Å². The zero-order valence-electron chi connectivity index (χ0n) is 20.9. The fraction of sp³-hybridized carbons (Fsp3) is 0.231. The number of sulfone groups is 1. The highest BCUT2D eigenvalue weighted by Crippen LogP contribution is 2.41. The van der Waals surface area contributed by atoms with E-state index < -0.39 is 38.5 Å². The molecule has 2 aromatic heterocycles. The zero-order valence-corrected chi connectivity index (χ0v) is 23.2. The van der Waals surface area contributed by atoms with E-state index in [-0.39, 0.29) is 44.6 Å². The lowest BCUT2D eigenvalue weighted by Gasteiger charge is -2.26. The summed E-state index contributed by atoms with van der Waals surface area (Å²) in [6.07, 6.45) is -0.180. The van der Waals surface area contributed by atoms with E-state index in [2.05, 4.69) is 10.1 Å². The van der Waals surface area contributed by atoms with Crippen LogP contribution in [0.25, 0.3) is 5.69 Å². The van der Waals surface area contributed by atoms with E-state index in [9.17, 15) is 26.8 Å². The lowest BCUT2D eigenvalue weighted by Crippen LogP contribution is -2.34. The van der Waals surface area contributed by atoms with E-state index in [4.69, 9.17) is 32.7 Å². The van der Waals surface area contributed by atoms with Gasteiger partial charge in [0.2, 0.25) is 5.88 Å². The Morgan fingerprint density at radius 2 is 1.76 bits per heavy atom. The number of H-pyrrole nitrogens is 1. The highest BCUT2D eigenvalue weighted by molar-refractivity contribution is 7.92. The molecule has 0 saturated heterocycles. The van der Waals surface area contributed by atoms with E-state index in [1.807, 2.05) is 30.3 Å². The molecule has 0 unspecified atom stereocenters. The van der Waals surface area contributed by atoms with Gasteiger partial charge in [-0.1, -0.05) is 60.0 Å². The fourth-order valence-corrected chi connectivity index (χ4v) is 6.51. The Kier molecular flexibility index (Phi) is 8.11. The average molecular weight is 625 g/mol. The van der Waals surface area contributed by atoms with E-state index >= 15 is 0 Å². The van der Waals surface area contributed by atoms with Gasteiger partial charge in [0.1, 0.15) is 11.5 Å². The van der Waals surface area contributed by atoms with Gasteiger partial charge in [0.25, 0.3) is 12.0 Å². The van der Waals surface area contributed by atoms with Crippen LogP contribution in [0.2, 0.25) is 10.0 Å².